The molecule has 0 aliphatic carbocycles. The number of aryl methyl sites for hydroxylation is 2. The highest BCUT2D eigenvalue weighted by Crippen LogP contribution is 2.34. The number of hydrogen-bond acceptors (Lipinski definition) is 6. The summed E-state index contributed by atoms with van der Waals surface area (Å²) in [7, 11) is 0. The molecule has 0 bridgehead atoms. The number of benzene rings is 1. The predicted octanol–water partition coefficient (Wildman–Crippen LogP) is 4.79. The van der Waals surface area contributed by atoms with Crippen LogP contribution in [-0.4, -0.2) is 29.1 Å². The fourth-order valence-corrected chi connectivity index (χ4v) is 4.13. The lowest BCUT2D eigenvalue weighted by Crippen LogP contribution is -2.08. The van der Waals surface area contributed by atoms with E-state index in [1.54, 1.807) is 6.92 Å². The van der Waals surface area contributed by atoms with E-state index in [0.717, 1.165) is 38.6 Å². The molecule has 3 rings (SSSR count). The van der Waals surface area contributed by atoms with Gasteiger partial charge in [0.25, 0.3) is 0 Å². The Kier molecular flexibility index (Phi) is 5.74. The van der Waals surface area contributed by atoms with Gasteiger partial charge in [0.15, 0.2) is 0 Å². The van der Waals surface area contributed by atoms with Crippen molar-refractivity contribution >= 4 is 44.9 Å². The van der Waals surface area contributed by atoms with E-state index in [-0.39, 0.29) is 5.97 Å². The smallest absolute Gasteiger partial charge is 0.348 e. The molecule has 0 saturated carbocycles. The molecular weight excluding hydrogens is 370 g/mol. The minimum atomic E-state index is -0.312. The molecule has 0 aliphatic rings. The van der Waals surface area contributed by atoms with Crippen LogP contribution < -0.4 is 5.32 Å². The molecule has 2 heterocycles. The van der Waals surface area contributed by atoms with Gasteiger partial charge in [0.05, 0.1) is 12.0 Å². The van der Waals surface area contributed by atoms with Crippen LogP contribution in [0.3, 0.4) is 0 Å². The zero-order valence-corrected chi connectivity index (χ0v) is 16.5. The molecule has 1 aromatic carbocycles. The highest BCUT2D eigenvalue weighted by Gasteiger charge is 2.20. The summed E-state index contributed by atoms with van der Waals surface area (Å²) in [6.07, 6.45) is 0.776. The number of anilines is 1. The molecule has 0 fully saturated rings. The molecule has 0 spiro atoms. The van der Waals surface area contributed by atoms with E-state index in [2.05, 4.69) is 15.3 Å². The van der Waals surface area contributed by atoms with Crippen LogP contribution in [0.4, 0.5) is 5.82 Å². The largest absolute Gasteiger partial charge is 0.462 e. The number of esters is 1. The first-order valence-corrected chi connectivity index (χ1v) is 9.62. The third kappa shape index (κ3) is 3.81. The quantitative estimate of drug-likeness (QED) is 0.614. The number of nitrogens with zero attached hydrogens (tertiary/aromatic N) is 2. The molecule has 7 heteroatoms. The second-order valence-electron chi connectivity index (χ2n) is 5.84. The fraction of sp³-hybridized carbons (Fsp3) is 0.316. The SMILES string of the molecule is CCOC(=O)c1sc2nc(C)nc(NCCc3ccccc3Cl)c2c1C. The van der Waals surface area contributed by atoms with Gasteiger partial charge in [-0.25, -0.2) is 14.8 Å². The normalized spacial score (nSPS) is 10.9. The highest BCUT2D eigenvalue weighted by molar-refractivity contribution is 7.20. The summed E-state index contributed by atoms with van der Waals surface area (Å²) in [6, 6.07) is 7.79. The van der Waals surface area contributed by atoms with Gasteiger partial charge in [-0.15, -0.1) is 11.3 Å². The number of ether oxygens (including phenoxy) is 1. The van der Waals surface area contributed by atoms with Gasteiger partial charge in [-0.3, -0.25) is 0 Å². The van der Waals surface area contributed by atoms with E-state index < -0.39 is 0 Å². The van der Waals surface area contributed by atoms with Crippen molar-refractivity contribution in [3.8, 4) is 0 Å². The lowest BCUT2D eigenvalue weighted by molar-refractivity contribution is 0.0531. The molecule has 0 radical (unpaired) electrons. The molecule has 0 atom stereocenters. The van der Waals surface area contributed by atoms with Crippen molar-refractivity contribution in [2.45, 2.75) is 27.2 Å². The van der Waals surface area contributed by atoms with E-state index >= 15 is 0 Å². The minimum absolute atomic E-state index is 0.312. The van der Waals surface area contributed by atoms with Crippen molar-refractivity contribution in [2.75, 3.05) is 18.5 Å². The maximum Gasteiger partial charge on any atom is 0.348 e. The molecule has 3 aromatic rings. The minimum Gasteiger partial charge on any atom is -0.462 e. The summed E-state index contributed by atoms with van der Waals surface area (Å²) < 4.78 is 5.15. The molecule has 0 amide bonds. The maximum absolute atomic E-state index is 12.2. The van der Waals surface area contributed by atoms with Gasteiger partial charge in [0.2, 0.25) is 0 Å². The molecule has 0 saturated heterocycles. The first kappa shape index (κ1) is 18.6. The van der Waals surface area contributed by atoms with Crippen LogP contribution in [0.25, 0.3) is 10.2 Å². The number of hydrogen-bond donors (Lipinski definition) is 1. The fourth-order valence-electron chi connectivity index (χ4n) is 2.78. The first-order valence-electron chi connectivity index (χ1n) is 8.43. The van der Waals surface area contributed by atoms with Gasteiger partial charge in [0.1, 0.15) is 21.3 Å². The monoisotopic (exact) mass is 389 g/mol. The Morgan fingerprint density at radius 1 is 1.27 bits per heavy atom. The first-order chi connectivity index (χ1) is 12.5. The Morgan fingerprint density at radius 3 is 2.77 bits per heavy atom. The zero-order valence-electron chi connectivity index (χ0n) is 14.9. The molecule has 0 unspecified atom stereocenters. The average molecular weight is 390 g/mol. The lowest BCUT2D eigenvalue weighted by Gasteiger charge is -2.09. The van der Waals surface area contributed by atoms with Gasteiger partial charge in [-0.05, 0) is 44.4 Å². The van der Waals surface area contributed by atoms with Crippen LogP contribution in [0.2, 0.25) is 5.02 Å². The van der Waals surface area contributed by atoms with Crippen LogP contribution in [0.1, 0.15) is 33.5 Å². The Bertz CT molecular complexity index is 955. The van der Waals surface area contributed by atoms with Crippen LogP contribution in [0.15, 0.2) is 24.3 Å². The lowest BCUT2D eigenvalue weighted by atomic mass is 10.1. The average Bonchev–Trinajstić information content (AvgIpc) is 2.93. The Labute approximate surface area is 161 Å². The third-order valence-electron chi connectivity index (χ3n) is 4.01. The topological polar surface area (TPSA) is 64.1 Å². The molecule has 1 N–H and O–H groups in total. The van der Waals surface area contributed by atoms with Crippen LogP contribution >= 0.6 is 22.9 Å². The number of carbonyl (C=O) groups excluding carboxylic acids is 1. The highest BCUT2D eigenvalue weighted by atomic mass is 35.5. The number of fused-ring (bicyclic) bond motifs is 1. The summed E-state index contributed by atoms with van der Waals surface area (Å²) in [4.78, 5) is 22.6. The van der Waals surface area contributed by atoms with Crippen molar-refractivity contribution in [3.05, 3.63) is 51.1 Å². The third-order valence-corrected chi connectivity index (χ3v) is 5.54. The standard InChI is InChI=1S/C19H20ClN3O2S/c1-4-25-19(24)16-11(2)15-17(22-12(3)23-18(15)26-16)21-10-9-13-7-5-6-8-14(13)20/h5-8H,4,9-10H2,1-3H3,(H,21,22,23). The van der Waals surface area contributed by atoms with Gasteiger partial charge in [-0.1, -0.05) is 29.8 Å². The Balaban J connectivity index is 1.88. The molecular formula is C19H20ClN3O2S. The van der Waals surface area contributed by atoms with Crippen LogP contribution in [-0.2, 0) is 11.2 Å². The summed E-state index contributed by atoms with van der Waals surface area (Å²) >= 11 is 7.56. The van der Waals surface area contributed by atoms with E-state index in [1.807, 2.05) is 38.1 Å². The number of thiophene rings is 1. The van der Waals surface area contributed by atoms with E-state index in [1.165, 1.54) is 11.3 Å². The van der Waals surface area contributed by atoms with Crippen molar-refractivity contribution in [1.82, 2.24) is 9.97 Å². The van der Waals surface area contributed by atoms with Crippen molar-refractivity contribution in [2.24, 2.45) is 0 Å². The molecule has 5 nitrogen and oxygen atoms in total. The van der Waals surface area contributed by atoms with Crippen LogP contribution in [0.5, 0.6) is 0 Å². The number of halogens is 1. The van der Waals surface area contributed by atoms with Crippen molar-refractivity contribution in [3.63, 3.8) is 0 Å². The number of rotatable bonds is 6. The Hall–Kier alpha value is -2.18. The van der Waals surface area contributed by atoms with E-state index in [9.17, 15) is 4.79 Å². The van der Waals surface area contributed by atoms with Gasteiger partial charge in [-0.2, -0.15) is 0 Å². The second kappa shape index (κ2) is 8.01. The van der Waals surface area contributed by atoms with Gasteiger partial charge >= 0.3 is 5.97 Å². The molecule has 2 aromatic heterocycles. The van der Waals surface area contributed by atoms with E-state index in [0.29, 0.717) is 23.9 Å². The molecule has 26 heavy (non-hydrogen) atoms. The number of aromatic nitrogens is 2. The Morgan fingerprint density at radius 2 is 2.04 bits per heavy atom. The molecule has 0 aliphatic heterocycles. The molecule has 136 valence electrons. The van der Waals surface area contributed by atoms with Gasteiger partial charge in [0, 0.05) is 11.6 Å². The summed E-state index contributed by atoms with van der Waals surface area (Å²) in [5.74, 6) is 1.09. The second-order valence-corrected chi connectivity index (χ2v) is 7.25. The number of nitrogens with one attached hydrogen (secondary N) is 1. The van der Waals surface area contributed by atoms with Crippen LogP contribution in [0, 0.1) is 13.8 Å². The summed E-state index contributed by atoms with van der Waals surface area (Å²) in [6.45, 7) is 6.58. The predicted molar refractivity (Wildman–Crippen MR) is 106 cm³/mol. The van der Waals surface area contributed by atoms with Gasteiger partial charge < -0.3 is 10.1 Å². The van der Waals surface area contributed by atoms with Crippen molar-refractivity contribution in [1.29, 1.82) is 0 Å². The number of carbonyl (C=O) groups is 1. The summed E-state index contributed by atoms with van der Waals surface area (Å²) in [5, 5.41) is 5.01. The zero-order chi connectivity index (χ0) is 18.7. The van der Waals surface area contributed by atoms with E-state index in [4.69, 9.17) is 16.3 Å². The maximum atomic E-state index is 12.2. The summed E-state index contributed by atoms with van der Waals surface area (Å²) in [5.41, 5.74) is 1.93. The van der Waals surface area contributed by atoms with Crippen molar-refractivity contribution < 1.29 is 9.53 Å².